The van der Waals surface area contributed by atoms with Gasteiger partial charge in [0.2, 0.25) is 0 Å². The summed E-state index contributed by atoms with van der Waals surface area (Å²) in [7, 11) is 0. The molecule has 16 heavy (non-hydrogen) atoms. The van der Waals surface area contributed by atoms with Crippen molar-refractivity contribution in [2.24, 2.45) is 5.92 Å². The molecule has 3 N–H and O–H groups in total. The van der Waals surface area contributed by atoms with E-state index in [4.69, 9.17) is 28.9 Å². The van der Waals surface area contributed by atoms with E-state index in [2.05, 4.69) is 12.2 Å². The summed E-state index contributed by atoms with van der Waals surface area (Å²) < 4.78 is 0. The van der Waals surface area contributed by atoms with E-state index in [1.54, 1.807) is 12.1 Å². The molecule has 2 rings (SSSR count). The van der Waals surface area contributed by atoms with Crippen LogP contribution < -0.4 is 11.1 Å². The number of benzene rings is 1. The summed E-state index contributed by atoms with van der Waals surface area (Å²) in [5.41, 5.74) is 7.44. The first-order valence-corrected chi connectivity index (χ1v) is 6.38. The zero-order chi connectivity index (χ0) is 11.7. The number of anilines is 2. The summed E-state index contributed by atoms with van der Waals surface area (Å²) in [6.07, 6.45) is 3.74. The van der Waals surface area contributed by atoms with Gasteiger partial charge in [-0.3, -0.25) is 0 Å². The molecule has 0 aliphatic heterocycles. The van der Waals surface area contributed by atoms with Gasteiger partial charge in [0.1, 0.15) is 0 Å². The summed E-state index contributed by atoms with van der Waals surface area (Å²) in [4.78, 5) is 0. The van der Waals surface area contributed by atoms with Crippen LogP contribution in [0.25, 0.3) is 0 Å². The second-order valence-corrected chi connectivity index (χ2v) is 5.20. The van der Waals surface area contributed by atoms with Crippen LogP contribution >= 0.6 is 23.2 Å². The average molecular weight is 259 g/mol. The zero-order valence-corrected chi connectivity index (χ0v) is 10.8. The number of nitrogens with one attached hydrogen (secondary N) is 1. The lowest BCUT2D eigenvalue weighted by Gasteiger charge is -2.10. The SMILES string of the molecule is CCCC1CC1Nc1cc(Cl)c(Cl)cc1N. The standard InChI is InChI=1S/C12H16Cl2N2/c1-2-3-7-4-11(7)16-12-6-9(14)8(13)5-10(12)15/h5-7,11,16H,2-4,15H2,1H3. The summed E-state index contributed by atoms with van der Waals surface area (Å²) in [6.45, 7) is 2.21. The molecule has 1 aromatic rings. The lowest BCUT2D eigenvalue weighted by atomic mass is 10.2. The lowest BCUT2D eigenvalue weighted by Crippen LogP contribution is -2.07. The van der Waals surface area contributed by atoms with Gasteiger partial charge in [-0.05, 0) is 30.9 Å². The molecule has 0 spiro atoms. The fourth-order valence-corrected chi connectivity index (χ4v) is 2.34. The quantitative estimate of drug-likeness (QED) is 0.796. The Bertz CT molecular complexity index is 393. The molecular formula is C12H16Cl2N2. The minimum Gasteiger partial charge on any atom is -0.397 e. The summed E-state index contributed by atoms with van der Waals surface area (Å²) in [5.74, 6) is 0.791. The molecule has 1 aliphatic rings. The third-order valence-electron chi connectivity index (χ3n) is 3.02. The highest BCUT2D eigenvalue weighted by Crippen LogP contribution is 2.39. The summed E-state index contributed by atoms with van der Waals surface area (Å²) in [5, 5.41) is 4.47. The molecule has 0 saturated heterocycles. The van der Waals surface area contributed by atoms with Crippen LogP contribution in [0.4, 0.5) is 11.4 Å². The Morgan fingerprint density at radius 1 is 1.38 bits per heavy atom. The van der Waals surface area contributed by atoms with E-state index in [-0.39, 0.29) is 0 Å². The number of halogens is 2. The van der Waals surface area contributed by atoms with Crippen molar-refractivity contribution < 1.29 is 0 Å². The van der Waals surface area contributed by atoms with E-state index in [0.29, 0.717) is 21.8 Å². The van der Waals surface area contributed by atoms with Gasteiger partial charge in [0.05, 0.1) is 21.4 Å². The van der Waals surface area contributed by atoms with Crippen molar-refractivity contribution in [3.8, 4) is 0 Å². The van der Waals surface area contributed by atoms with Crippen LogP contribution in [0, 0.1) is 5.92 Å². The highest BCUT2D eigenvalue weighted by Gasteiger charge is 2.36. The van der Waals surface area contributed by atoms with Crippen molar-refractivity contribution >= 4 is 34.6 Å². The molecule has 0 amide bonds. The van der Waals surface area contributed by atoms with Crippen LogP contribution in [0.1, 0.15) is 26.2 Å². The first kappa shape index (κ1) is 11.9. The summed E-state index contributed by atoms with van der Waals surface area (Å²) in [6, 6.07) is 4.06. The van der Waals surface area contributed by atoms with Crippen molar-refractivity contribution in [2.45, 2.75) is 32.2 Å². The van der Waals surface area contributed by atoms with E-state index in [9.17, 15) is 0 Å². The van der Waals surface area contributed by atoms with Gasteiger partial charge in [0.25, 0.3) is 0 Å². The number of nitrogen functional groups attached to an aromatic ring is 1. The Labute approximate surface area is 106 Å². The monoisotopic (exact) mass is 258 g/mol. The maximum absolute atomic E-state index is 5.96. The van der Waals surface area contributed by atoms with Gasteiger partial charge in [-0.25, -0.2) is 0 Å². The first-order valence-electron chi connectivity index (χ1n) is 5.63. The lowest BCUT2D eigenvalue weighted by molar-refractivity contribution is 0.693. The van der Waals surface area contributed by atoms with Crippen molar-refractivity contribution in [1.29, 1.82) is 0 Å². The molecule has 1 aliphatic carbocycles. The Hall–Kier alpha value is -0.600. The fourth-order valence-electron chi connectivity index (χ4n) is 2.00. The predicted octanol–water partition coefficient (Wildman–Crippen LogP) is 4.18. The topological polar surface area (TPSA) is 38.0 Å². The van der Waals surface area contributed by atoms with Crippen LogP contribution in [0.2, 0.25) is 10.0 Å². The fraction of sp³-hybridized carbons (Fsp3) is 0.500. The molecule has 1 fully saturated rings. The van der Waals surface area contributed by atoms with Crippen molar-refractivity contribution in [1.82, 2.24) is 0 Å². The normalized spacial score (nSPS) is 23.2. The van der Waals surface area contributed by atoms with Crippen molar-refractivity contribution in [3.05, 3.63) is 22.2 Å². The molecule has 0 bridgehead atoms. The van der Waals surface area contributed by atoms with Crippen molar-refractivity contribution in [2.75, 3.05) is 11.1 Å². The highest BCUT2D eigenvalue weighted by atomic mass is 35.5. The Balaban J connectivity index is 2.03. The van der Waals surface area contributed by atoms with Crippen LogP contribution in [0.15, 0.2) is 12.1 Å². The van der Waals surface area contributed by atoms with E-state index >= 15 is 0 Å². The maximum atomic E-state index is 5.96. The molecule has 2 nitrogen and oxygen atoms in total. The summed E-state index contributed by atoms with van der Waals surface area (Å²) >= 11 is 11.8. The number of rotatable bonds is 4. The molecule has 1 saturated carbocycles. The molecule has 0 heterocycles. The minimum absolute atomic E-state index is 0.505. The first-order chi connectivity index (χ1) is 7.61. The second-order valence-electron chi connectivity index (χ2n) is 4.39. The molecule has 0 aromatic heterocycles. The Morgan fingerprint density at radius 2 is 2.06 bits per heavy atom. The molecule has 2 atom stereocenters. The van der Waals surface area contributed by atoms with E-state index < -0.39 is 0 Å². The minimum atomic E-state index is 0.505. The Morgan fingerprint density at radius 3 is 2.75 bits per heavy atom. The van der Waals surface area contributed by atoms with E-state index in [0.717, 1.165) is 11.6 Å². The molecular weight excluding hydrogens is 243 g/mol. The van der Waals surface area contributed by atoms with Gasteiger partial charge < -0.3 is 11.1 Å². The van der Waals surface area contributed by atoms with Gasteiger partial charge in [-0.1, -0.05) is 36.5 Å². The largest absolute Gasteiger partial charge is 0.397 e. The van der Waals surface area contributed by atoms with Gasteiger partial charge in [-0.15, -0.1) is 0 Å². The second kappa shape index (κ2) is 4.72. The van der Waals surface area contributed by atoms with E-state index in [1.165, 1.54) is 19.3 Å². The smallest absolute Gasteiger partial charge is 0.0614 e. The van der Waals surface area contributed by atoms with Gasteiger partial charge >= 0.3 is 0 Å². The third-order valence-corrected chi connectivity index (χ3v) is 3.74. The average Bonchev–Trinajstić information content (AvgIpc) is 2.94. The van der Waals surface area contributed by atoms with Gasteiger partial charge in [-0.2, -0.15) is 0 Å². The molecule has 0 radical (unpaired) electrons. The maximum Gasteiger partial charge on any atom is 0.0614 e. The molecule has 4 heteroatoms. The van der Waals surface area contributed by atoms with Crippen LogP contribution in [0.5, 0.6) is 0 Å². The zero-order valence-electron chi connectivity index (χ0n) is 9.26. The highest BCUT2D eigenvalue weighted by molar-refractivity contribution is 6.42. The van der Waals surface area contributed by atoms with Crippen molar-refractivity contribution in [3.63, 3.8) is 0 Å². The number of hydrogen-bond donors (Lipinski definition) is 2. The number of nitrogens with two attached hydrogens (primary N) is 1. The molecule has 2 unspecified atom stereocenters. The Kier molecular flexibility index (Phi) is 3.50. The van der Waals surface area contributed by atoms with Crippen LogP contribution in [-0.4, -0.2) is 6.04 Å². The third kappa shape index (κ3) is 2.55. The number of hydrogen-bond acceptors (Lipinski definition) is 2. The van der Waals surface area contributed by atoms with Crippen LogP contribution in [-0.2, 0) is 0 Å². The van der Waals surface area contributed by atoms with Crippen LogP contribution in [0.3, 0.4) is 0 Å². The van der Waals surface area contributed by atoms with Gasteiger partial charge in [0, 0.05) is 6.04 Å². The van der Waals surface area contributed by atoms with E-state index in [1.807, 2.05) is 0 Å². The molecule has 88 valence electrons. The van der Waals surface area contributed by atoms with Gasteiger partial charge in [0.15, 0.2) is 0 Å². The predicted molar refractivity (Wildman–Crippen MR) is 71.3 cm³/mol. The molecule has 1 aromatic carbocycles.